The van der Waals surface area contributed by atoms with Crippen LogP contribution in [0, 0.1) is 18.6 Å². The largest absolute Gasteiger partial charge is 0.478 e. The van der Waals surface area contributed by atoms with Crippen molar-refractivity contribution in [2.24, 2.45) is 0 Å². The Kier molecular flexibility index (Phi) is 3.98. The zero-order chi connectivity index (χ0) is 14.7. The van der Waals surface area contributed by atoms with Crippen LogP contribution in [0.3, 0.4) is 0 Å². The smallest absolute Gasteiger partial charge is 0.335 e. The van der Waals surface area contributed by atoms with Crippen LogP contribution in [0.4, 0.5) is 14.5 Å². The molecule has 104 valence electrons. The van der Waals surface area contributed by atoms with Gasteiger partial charge in [-0.15, -0.1) is 0 Å². The number of benzene rings is 2. The van der Waals surface area contributed by atoms with Crippen LogP contribution in [0.25, 0.3) is 0 Å². The summed E-state index contributed by atoms with van der Waals surface area (Å²) in [6.07, 6.45) is 0. The highest BCUT2D eigenvalue weighted by Crippen LogP contribution is 2.18. The Balaban J connectivity index is 2.18. The van der Waals surface area contributed by atoms with Crippen molar-refractivity contribution in [3.8, 4) is 0 Å². The van der Waals surface area contributed by atoms with Gasteiger partial charge in [-0.3, -0.25) is 0 Å². The molecule has 0 saturated carbocycles. The Bertz CT molecular complexity index is 636. The van der Waals surface area contributed by atoms with Gasteiger partial charge in [0.2, 0.25) is 0 Å². The maximum absolute atomic E-state index is 13.1. The van der Waals surface area contributed by atoms with Gasteiger partial charge in [0.05, 0.1) is 5.56 Å². The lowest BCUT2D eigenvalue weighted by Gasteiger charge is -2.11. The number of hydrogen-bond acceptors (Lipinski definition) is 2. The molecule has 0 aromatic heterocycles. The number of carboxylic acid groups (broad SMARTS) is 1. The number of anilines is 1. The first-order chi connectivity index (χ1) is 9.45. The molecule has 0 aliphatic rings. The van der Waals surface area contributed by atoms with E-state index in [2.05, 4.69) is 5.32 Å². The fourth-order valence-electron chi connectivity index (χ4n) is 1.86. The molecule has 0 radical (unpaired) electrons. The van der Waals surface area contributed by atoms with Gasteiger partial charge in [-0.25, -0.2) is 13.6 Å². The monoisotopic (exact) mass is 277 g/mol. The van der Waals surface area contributed by atoms with E-state index in [1.165, 1.54) is 24.3 Å². The number of rotatable bonds is 4. The Morgan fingerprint density at radius 2 is 1.80 bits per heavy atom. The van der Waals surface area contributed by atoms with E-state index >= 15 is 0 Å². The fraction of sp³-hybridized carbons (Fsp3) is 0.133. The molecule has 0 amide bonds. The van der Waals surface area contributed by atoms with E-state index in [9.17, 15) is 13.6 Å². The molecule has 0 aliphatic carbocycles. The third kappa shape index (κ3) is 3.32. The predicted octanol–water partition coefficient (Wildman–Crippen LogP) is 3.58. The summed E-state index contributed by atoms with van der Waals surface area (Å²) in [5.41, 5.74) is 2.08. The number of carbonyl (C=O) groups is 1. The molecular weight excluding hydrogens is 264 g/mol. The summed E-state index contributed by atoms with van der Waals surface area (Å²) in [6, 6.07) is 7.94. The number of hydrogen-bond donors (Lipinski definition) is 2. The quantitative estimate of drug-likeness (QED) is 0.898. The normalized spacial score (nSPS) is 10.3. The van der Waals surface area contributed by atoms with Crippen molar-refractivity contribution in [2.75, 3.05) is 5.32 Å². The van der Waals surface area contributed by atoms with E-state index in [0.717, 1.165) is 11.6 Å². The molecule has 0 unspecified atom stereocenters. The lowest BCUT2D eigenvalue weighted by molar-refractivity contribution is 0.0697. The first-order valence-corrected chi connectivity index (χ1v) is 5.98. The number of nitrogens with one attached hydrogen (secondary N) is 1. The van der Waals surface area contributed by atoms with E-state index < -0.39 is 17.6 Å². The topological polar surface area (TPSA) is 49.3 Å². The summed E-state index contributed by atoms with van der Waals surface area (Å²) < 4.78 is 26.1. The van der Waals surface area contributed by atoms with Crippen LogP contribution in [0.1, 0.15) is 21.5 Å². The second kappa shape index (κ2) is 5.69. The number of carboxylic acids is 1. The van der Waals surface area contributed by atoms with Gasteiger partial charge < -0.3 is 10.4 Å². The molecule has 2 rings (SSSR count). The Morgan fingerprint density at radius 3 is 2.40 bits per heavy atom. The molecule has 0 aliphatic heterocycles. The van der Waals surface area contributed by atoms with Gasteiger partial charge in [-0.1, -0.05) is 6.07 Å². The van der Waals surface area contributed by atoms with Crippen molar-refractivity contribution in [3.05, 3.63) is 64.7 Å². The molecule has 0 bridgehead atoms. The summed E-state index contributed by atoms with van der Waals surface area (Å²) >= 11 is 0. The lowest BCUT2D eigenvalue weighted by Crippen LogP contribution is -2.04. The molecule has 20 heavy (non-hydrogen) atoms. The third-order valence-electron chi connectivity index (χ3n) is 2.89. The predicted molar refractivity (Wildman–Crippen MR) is 71.8 cm³/mol. The summed E-state index contributed by atoms with van der Waals surface area (Å²) in [6.45, 7) is 2.03. The molecule has 0 atom stereocenters. The highest BCUT2D eigenvalue weighted by molar-refractivity contribution is 5.89. The van der Waals surface area contributed by atoms with E-state index in [4.69, 9.17) is 5.11 Å². The molecule has 2 N–H and O–H groups in total. The second-order valence-corrected chi connectivity index (χ2v) is 4.47. The molecule has 2 aromatic carbocycles. The van der Waals surface area contributed by atoms with Crippen LogP contribution >= 0.6 is 0 Å². The van der Waals surface area contributed by atoms with Crippen molar-refractivity contribution in [1.82, 2.24) is 0 Å². The number of aryl methyl sites for hydroxylation is 1. The van der Waals surface area contributed by atoms with Gasteiger partial charge in [0, 0.05) is 18.3 Å². The summed E-state index contributed by atoms with van der Waals surface area (Å²) in [5.74, 6) is -2.31. The van der Waals surface area contributed by atoms with E-state index in [1.807, 2.05) is 6.92 Å². The first-order valence-electron chi connectivity index (χ1n) is 5.98. The van der Waals surface area contributed by atoms with Crippen molar-refractivity contribution in [1.29, 1.82) is 0 Å². The zero-order valence-electron chi connectivity index (χ0n) is 10.8. The third-order valence-corrected chi connectivity index (χ3v) is 2.89. The van der Waals surface area contributed by atoms with Gasteiger partial charge in [-0.05, 0) is 42.3 Å². The highest BCUT2D eigenvalue weighted by atomic mass is 19.1. The molecule has 3 nitrogen and oxygen atoms in total. The molecule has 5 heteroatoms. The minimum atomic E-state index is -1.02. The Morgan fingerprint density at radius 1 is 1.15 bits per heavy atom. The molecular formula is C15H13F2NO2. The fourth-order valence-corrected chi connectivity index (χ4v) is 1.86. The summed E-state index contributed by atoms with van der Waals surface area (Å²) in [5, 5.41) is 11.9. The molecule has 0 fully saturated rings. The van der Waals surface area contributed by atoms with Crippen molar-refractivity contribution in [3.63, 3.8) is 0 Å². The SMILES string of the molecule is Cc1ccc(C(=O)O)cc1NCc1cc(F)cc(F)c1. The zero-order valence-corrected chi connectivity index (χ0v) is 10.8. The van der Waals surface area contributed by atoms with Crippen LogP contribution in [-0.2, 0) is 6.54 Å². The Hall–Kier alpha value is -2.43. The van der Waals surface area contributed by atoms with E-state index in [1.54, 1.807) is 6.07 Å². The average Bonchev–Trinajstić information content (AvgIpc) is 2.36. The van der Waals surface area contributed by atoms with E-state index in [0.29, 0.717) is 11.3 Å². The van der Waals surface area contributed by atoms with Gasteiger partial charge in [-0.2, -0.15) is 0 Å². The molecule has 0 spiro atoms. The summed E-state index contributed by atoms with van der Waals surface area (Å²) in [7, 11) is 0. The second-order valence-electron chi connectivity index (χ2n) is 4.47. The van der Waals surface area contributed by atoms with Crippen LogP contribution in [0.15, 0.2) is 36.4 Å². The minimum Gasteiger partial charge on any atom is -0.478 e. The lowest BCUT2D eigenvalue weighted by atomic mass is 10.1. The molecule has 0 heterocycles. The standard InChI is InChI=1S/C15H13F2NO2/c1-9-2-3-11(15(19)20)6-14(9)18-8-10-4-12(16)7-13(17)5-10/h2-7,18H,8H2,1H3,(H,19,20). The number of halogens is 2. The maximum atomic E-state index is 13.1. The minimum absolute atomic E-state index is 0.156. The van der Waals surface area contributed by atoms with Gasteiger partial charge >= 0.3 is 5.97 Å². The van der Waals surface area contributed by atoms with Gasteiger partial charge in [0.15, 0.2) is 0 Å². The first kappa shape index (κ1) is 14.0. The van der Waals surface area contributed by atoms with Gasteiger partial charge in [0.1, 0.15) is 11.6 Å². The van der Waals surface area contributed by atoms with Crippen molar-refractivity contribution >= 4 is 11.7 Å². The van der Waals surface area contributed by atoms with Gasteiger partial charge in [0.25, 0.3) is 0 Å². The highest BCUT2D eigenvalue weighted by Gasteiger charge is 2.07. The van der Waals surface area contributed by atoms with Crippen molar-refractivity contribution in [2.45, 2.75) is 13.5 Å². The van der Waals surface area contributed by atoms with Crippen LogP contribution in [0.2, 0.25) is 0 Å². The van der Waals surface area contributed by atoms with Crippen LogP contribution in [0.5, 0.6) is 0 Å². The summed E-state index contributed by atoms with van der Waals surface area (Å²) in [4.78, 5) is 10.9. The van der Waals surface area contributed by atoms with Crippen molar-refractivity contribution < 1.29 is 18.7 Å². The molecule has 0 saturated heterocycles. The maximum Gasteiger partial charge on any atom is 0.335 e. The van der Waals surface area contributed by atoms with E-state index in [-0.39, 0.29) is 12.1 Å². The average molecular weight is 277 g/mol. The number of aromatic carboxylic acids is 1. The van der Waals surface area contributed by atoms with Crippen LogP contribution < -0.4 is 5.32 Å². The molecule has 2 aromatic rings. The Labute approximate surface area is 114 Å². The van der Waals surface area contributed by atoms with Crippen LogP contribution in [-0.4, -0.2) is 11.1 Å².